The molecule has 2 unspecified atom stereocenters. The van der Waals surface area contributed by atoms with Crippen molar-refractivity contribution < 1.29 is 9.59 Å². The lowest BCUT2D eigenvalue weighted by Gasteiger charge is -2.61. The number of benzene rings is 1. The topological polar surface area (TPSA) is 40.6 Å². The van der Waals surface area contributed by atoms with Crippen molar-refractivity contribution in [3.8, 4) is 0 Å². The van der Waals surface area contributed by atoms with Gasteiger partial charge in [0.1, 0.15) is 5.38 Å². The molecule has 4 nitrogen and oxygen atoms in total. The quantitative estimate of drug-likeness (QED) is 0.576. The first-order valence-electron chi connectivity index (χ1n) is 10.4. The van der Waals surface area contributed by atoms with Gasteiger partial charge in [-0.25, -0.2) is 0 Å². The van der Waals surface area contributed by atoms with Gasteiger partial charge in [-0.3, -0.25) is 9.59 Å². The Bertz CT molecular complexity index is 692. The van der Waals surface area contributed by atoms with Gasteiger partial charge in [-0.1, -0.05) is 49.6 Å². The molecule has 146 valence electrons. The Labute approximate surface area is 166 Å². The van der Waals surface area contributed by atoms with Gasteiger partial charge in [0.25, 0.3) is 0 Å². The number of piperidine rings is 1. The lowest BCUT2D eigenvalue weighted by atomic mass is 9.59. The molecule has 2 aliphatic heterocycles. The van der Waals surface area contributed by atoms with Gasteiger partial charge in [-0.05, 0) is 38.2 Å². The monoisotopic (exact) mass is 388 g/mol. The molecule has 2 amide bonds. The van der Waals surface area contributed by atoms with Gasteiger partial charge in [-0.2, -0.15) is 0 Å². The second-order valence-electron chi connectivity index (χ2n) is 8.41. The lowest BCUT2D eigenvalue weighted by Crippen LogP contribution is -2.68. The fourth-order valence-corrected chi connectivity index (χ4v) is 5.61. The van der Waals surface area contributed by atoms with Crippen LogP contribution in [0, 0.1) is 5.41 Å². The average molecular weight is 389 g/mol. The largest absolute Gasteiger partial charge is 0.341 e. The molecule has 0 radical (unpaired) electrons. The summed E-state index contributed by atoms with van der Waals surface area (Å²) < 4.78 is 0. The van der Waals surface area contributed by atoms with Crippen LogP contribution in [0.15, 0.2) is 30.3 Å². The maximum absolute atomic E-state index is 13.4. The number of likely N-dealkylation sites (tertiary alicyclic amines) is 2. The maximum Gasteiger partial charge on any atom is 0.240 e. The van der Waals surface area contributed by atoms with Crippen molar-refractivity contribution in [1.82, 2.24) is 9.80 Å². The molecule has 27 heavy (non-hydrogen) atoms. The number of hydrogen-bond donors (Lipinski definition) is 0. The standard InChI is InChI=1S/C22H29ClN2O2/c1-16(23)20(26)24-14-10-18(11-15-24)25-19(17-8-4-2-5-9-17)22(21(25)27)12-6-3-7-13-22/h2,4-5,8-9,16,18-19H,3,6-7,10-15H2,1H3. The zero-order valence-electron chi connectivity index (χ0n) is 16.1. The Hall–Kier alpha value is -1.55. The zero-order valence-corrected chi connectivity index (χ0v) is 16.8. The van der Waals surface area contributed by atoms with Crippen molar-refractivity contribution in [3.63, 3.8) is 0 Å². The van der Waals surface area contributed by atoms with Gasteiger partial charge >= 0.3 is 0 Å². The van der Waals surface area contributed by atoms with Crippen LogP contribution in [0.5, 0.6) is 0 Å². The molecule has 2 heterocycles. The molecule has 1 saturated carbocycles. The van der Waals surface area contributed by atoms with Crippen LogP contribution in [0.25, 0.3) is 0 Å². The number of carbonyl (C=O) groups is 2. The summed E-state index contributed by atoms with van der Waals surface area (Å²) in [5, 5.41) is -0.477. The molecule has 1 aromatic rings. The van der Waals surface area contributed by atoms with Crippen molar-refractivity contribution in [3.05, 3.63) is 35.9 Å². The van der Waals surface area contributed by atoms with Crippen molar-refractivity contribution in [2.75, 3.05) is 13.1 Å². The number of hydrogen-bond acceptors (Lipinski definition) is 2. The highest BCUT2D eigenvalue weighted by molar-refractivity contribution is 6.30. The first kappa shape index (κ1) is 18.8. The van der Waals surface area contributed by atoms with Crippen LogP contribution < -0.4 is 0 Å². The minimum absolute atomic E-state index is 0.00779. The summed E-state index contributed by atoms with van der Waals surface area (Å²) in [6, 6.07) is 11.0. The van der Waals surface area contributed by atoms with Gasteiger partial charge in [-0.15, -0.1) is 11.6 Å². The molecule has 1 spiro atoms. The fourth-order valence-electron chi connectivity index (χ4n) is 5.47. The summed E-state index contributed by atoms with van der Waals surface area (Å²) in [6.07, 6.45) is 7.29. The number of amides is 2. The Morgan fingerprint density at radius 3 is 2.33 bits per heavy atom. The van der Waals surface area contributed by atoms with E-state index in [0.29, 0.717) is 19.0 Å². The third-order valence-electron chi connectivity index (χ3n) is 6.83. The second kappa shape index (κ2) is 7.46. The highest BCUT2D eigenvalue weighted by atomic mass is 35.5. The summed E-state index contributed by atoms with van der Waals surface area (Å²) in [7, 11) is 0. The van der Waals surface area contributed by atoms with E-state index in [-0.39, 0.29) is 23.4 Å². The van der Waals surface area contributed by atoms with Crippen LogP contribution in [-0.4, -0.2) is 46.1 Å². The number of nitrogens with zero attached hydrogens (tertiary/aromatic N) is 2. The van der Waals surface area contributed by atoms with Crippen molar-refractivity contribution >= 4 is 23.4 Å². The number of alkyl halides is 1. The summed E-state index contributed by atoms with van der Waals surface area (Å²) in [4.78, 5) is 29.5. The zero-order chi connectivity index (χ0) is 19.0. The molecule has 1 aromatic carbocycles. The minimum atomic E-state index is -0.477. The highest BCUT2D eigenvalue weighted by Crippen LogP contribution is 2.59. The number of carbonyl (C=O) groups excluding carboxylic acids is 2. The van der Waals surface area contributed by atoms with E-state index in [1.165, 1.54) is 12.0 Å². The molecular formula is C22H29ClN2O2. The van der Waals surface area contributed by atoms with E-state index in [0.717, 1.165) is 38.5 Å². The Balaban J connectivity index is 1.54. The van der Waals surface area contributed by atoms with E-state index in [9.17, 15) is 9.59 Å². The van der Waals surface area contributed by atoms with Crippen LogP contribution in [-0.2, 0) is 9.59 Å². The number of rotatable bonds is 3. The SMILES string of the molecule is CC(Cl)C(=O)N1CCC(N2C(=O)C3(CCCCC3)C2c2ccccc2)CC1. The van der Waals surface area contributed by atoms with Crippen molar-refractivity contribution in [2.45, 2.75) is 69.3 Å². The van der Waals surface area contributed by atoms with Gasteiger partial charge in [0, 0.05) is 19.1 Å². The molecule has 4 rings (SSSR count). The van der Waals surface area contributed by atoms with E-state index in [2.05, 4.69) is 29.2 Å². The van der Waals surface area contributed by atoms with E-state index in [1.807, 2.05) is 11.0 Å². The van der Waals surface area contributed by atoms with E-state index in [4.69, 9.17) is 11.6 Å². The summed E-state index contributed by atoms with van der Waals surface area (Å²) in [5.41, 5.74) is 1.09. The molecular weight excluding hydrogens is 360 g/mol. The summed E-state index contributed by atoms with van der Waals surface area (Å²) >= 11 is 5.97. The lowest BCUT2D eigenvalue weighted by molar-refractivity contribution is -0.186. The van der Waals surface area contributed by atoms with E-state index in [1.54, 1.807) is 6.92 Å². The van der Waals surface area contributed by atoms with Gasteiger partial charge in [0.15, 0.2) is 0 Å². The van der Waals surface area contributed by atoms with Crippen LogP contribution in [0.3, 0.4) is 0 Å². The first-order chi connectivity index (χ1) is 13.0. The van der Waals surface area contributed by atoms with Crippen LogP contribution in [0.4, 0.5) is 0 Å². The third-order valence-corrected chi connectivity index (χ3v) is 7.02. The van der Waals surface area contributed by atoms with Crippen molar-refractivity contribution in [2.24, 2.45) is 5.41 Å². The van der Waals surface area contributed by atoms with E-state index < -0.39 is 5.38 Å². The van der Waals surface area contributed by atoms with Crippen LogP contribution in [0.2, 0.25) is 0 Å². The smallest absolute Gasteiger partial charge is 0.240 e. The molecule has 0 aromatic heterocycles. The Morgan fingerprint density at radius 2 is 1.74 bits per heavy atom. The van der Waals surface area contributed by atoms with Crippen LogP contribution in [0.1, 0.15) is 63.5 Å². The molecule has 2 saturated heterocycles. The van der Waals surface area contributed by atoms with Gasteiger partial charge < -0.3 is 9.80 Å². The number of halogens is 1. The summed E-state index contributed by atoms with van der Waals surface area (Å²) in [6.45, 7) is 3.12. The second-order valence-corrected chi connectivity index (χ2v) is 9.07. The predicted octanol–water partition coefficient (Wildman–Crippen LogP) is 4.14. The Morgan fingerprint density at radius 1 is 1.11 bits per heavy atom. The van der Waals surface area contributed by atoms with Crippen LogP contribution >= 0.6 is 11.6 Å². The molecule has 0 bridgehead atoms. The van der Waals surface area contributed by atoms with Gasteiger partial charge in [0.2, 0.25) is 11.8 Å². The normalized spacial score (nSPS) is 26.7. The maximum atomic E-state index is 13.4. The predicted molar refractivity (Wildman–Crippen MR) is 106 cm³/mol. The molecule has 5 heteroatoms. The minimum Gasteiger partial charge on any atom is -0.341 e. The van der Waals surface area contributed by atoms with E-state index >= 15 is 0 Å². The molecule has 2 atom stereocenters. The fraction of sp³-hybridized carbons (Fsp3) is 0.636. The molecule has 0 N–H and O–H groups in total. The average Bonchev–Trinajstić information content (AvgIpc) is 2.72. The third kappa shape index (κ3) is 3.16. The highest BCUT2D eigenvalue weighted by Gasteiger charge is 2.62. The first-order valence-corrected chi connectivity index (χ1v) is 10.8. The molecule has 1 aliphatic carbocycles. The number of β-lactam (4-membered cyclic amide) rings is 1. The van der Waals surface area contributed by atoms with Gasteiger partial charge in [0.05, 0.1) is 11.5 Å². The Kier molecular flexibility index (Phi) is 5.19. The van der Waals surface area contributed by atoms with Crippen molar-refractivity contribution in [1.29, 1.82) is 0 Å². The summed E-state index contributed by atoms with van der Waals surface area (Å²) in [5.74, 6) is 0.361. The molecule has 3 fully saturated rings. The molecule has 3 aliphatic rings.